The van der Waals surface area contributed by atoms with Crippen LogP contribution in [0.25, 0.3) is 0 Å². The lowest BCUT2D eigenvalue weighted by atomic mass is 10.2. The SMILES string of the molecule is NCc1nccc(C(F)F)c1S(N)(=O)=O. The molecule has 0 saturated carbocycles. The van der Waals surface area contributed by atoms with E-state index < -0.39 is 26.9 Å². The fourth-order valence-electron chi connectivity index (χ4n) is 1.15. The summed E-state index contributed by atoms with van der Waals surface area (Å²) in [6, 6.07) is 0.906. The number of alkyl halides is 2. The smallest absolute Gasteiger partial charge is 0.265 e. The summed E-state index contributed by atoms with van der Waals surface area (Å²) >= 11 is 0. The van der Waals surface area contributed by atoms with Gasteiger partial charge in [0.05, 0.1) is 5.69 Å². The highest BCUT2D eigenvalue weighted by atomic mass is 32.2. The van der Waals surface area contributed by atoms with Crippen molar-refractivity contribution in [2.75, 3.05) is 0 Å². The molecule has 0 fully saturated rings. The van der Waals surface area contributed by atoms with Crippen molar-refractivity contribution in [1.29, 1.82) is 0 Å². The minimum Gasteiger partial charge on any atom is -0.325 e. The number of primary sulfonamides is 1. The van der Waals surface area contributed by atoms with E-state index in [-0.39, 0.29) is 12.2 Å². The van der Waals surface area contributed by atoms with Crippen LogP contribution >= 0.6 is 0 Å². The summed E-state index contributed by atoms with van der Waals surface area (Å²) in [4.78, 5) is 2.91. The van der Waals surface area contributed by atoms with Crippen LogP contribution in [-0.2, 0) is 16.6 Å². The molecule has 15 heavy (non-hydrogen) atoms. The van der Waals surface area contributed by atoms with E-state index in [4.69, 9.17) is 10.9 Å². The first-order chi connectivity index (χ1) is 6.88. The van der Waals surface area contributed by atoms with Crippen LogP contribution < -0.4 is 10.9 Å². The fourth-order valence-corrected chi connectivity index (χ4v) is 2.10. The summed E-state index contributed by atoms with van der Waals surface area (Å²) in [6.45, 7) is -0.272. The Kier molecular flexibility index (Phi) is 3.32. The van der Waals surface area contributed by atoms with Gasteiger partial charge in [0.25, 0.3) is 6.43 Å². The number of aromatic nitrogens is 1. The van der Waals surface area contributed by atoms with Gasteiger partial charge in [0.1, 0.15) is 4.90 Å². The Morgan fingerprint density at radius 1 is 1.47 bits per heavy atom. The molecule has 0 aromatic carbocycles. The summed E-state index contributed by atoms with van der Waals surface area (Å²) in [5.74, 6) is 0. The number of hydrogen-bond acceptors (Lipinski definition) is 4. The van der Waals surface area contributed by atoms with Crippen LogP contribution in [-0.4, -0.2) is 13.4 Å². The van der Waals surface area contributed by atoms with Gasteiger partial charge in [0.2, 0.25) is 10.0 Å². The lowest BCUT2D eigenvalue weighted by molar-refractivity contribution is 0.147. The first kappa shape index (κ1) is 12.0. The molecule has 0 unspecified atom stereocenters. The highest BCUT2D eigenvalue weighted by molar-refractivity contribution is 7.89. The molecule has 0 amide bonds. The lowest BCUT2D eigenvalue weighted by Gasteiger charge is -2.09. The molecular weight excluding hydrogens is 228 g/mol. The average Bonchev–Trinajstić information content (AvgIpc) is 2.15. The molecule has 0 spiro atoms. The van der Waals surface area contributed by atoms with Gasteiger partial charge in [-0.3, -0.25) is 4.98 Å². The Bertz CT molecular complexity index is 461. The predicted octanol–water partition coefficient (Wildman–Crippen LogP) is 0.125. The van der Waals surface area contributed by atoms with E-state index in [0.29, 0.717) is 0 Å². The van der Waals surface area contributed by atoms with Crippen molar-refractivity contribution < 1.29 is 17.2 Å². The minimum atomic E-state index is -4.24. The first-order valence-electron chi connectivity index (χ1n) is 3.86. The Morgan fingerprint density at radius 2 is 2.07 bits per heavy atom. The standard InChI is InChI=1S/C7H9F2N3O2S/c8-7(9)4-1-2-12-5(3-10)6(4)15(11,13)14/h1-2,7H,3,10H2,(H2,11,13,14). The van der Waals surface area contributed by atoms with Gasteiger partial charge in [-0.05, 0) is 6.07 Å². The molecule has 0 aliphatic heterocycles. The molecule has 1 heterocycles. The van der Waals surface area contributed by atoms with Gasteiger partial charge in [-0.15, -0.1) is 0 Å². The lowest BCUT2D eigenvalue weighted by Crippen LogP contribution is -2.19. The normalized spacial score (nSPS) is 12.1. The second kappa shape index (κ2) is 4.17. The van der Waals surface area contributed by atoms with E-state index in [9.17, 15) is 17.2 Å². The summed E-state index contributed by atoms with van der Waals surface area (Å²) < 4.78 is 47.1. The Labute approximate surface area is 85.2 Å². The van der Waals surface area contributed by atoms with E-state index >= 15 is 0 Å². The zero-order chi connectivity index (χ0) is 11.6. The summed E-state index contributed by atoms with van der Waals surface area (Å²) in [7, 11) is -4.24. The molecule has 0 aliphatic carbocycles. The zero-order valence-corrected chi connectivity index (χ0v) is 8.34. The number of nitrogens with zero attached hydrogens (tertiary/aromatic N) is 1. The third kappa shape index (κ3) is 2.46. The van der Waals surface area contributed by atoms with Crippen molar-refractivity contribution in [3.63, 3.8) is 0 Å². The van der Waals surface area contributed by atoms with Gasteiger partial charge in [-0.2, -0.15) is 0 Å². The number of pyridine rings is 1. The third-order valence-corrected chi connectivity index (χ3v) is 2.76. The maximum Gasteiger partial charge on any atom is 0.265 e. The molecule has 0 saturated heterocycles. The van der Waals surface area contributed by atoms with Crippen molar-refractivity contribution in [3.05, 3.63) is 23.5 Å². The van der Waals surface area contributed by atoms with E-state index in [2.05, 4.69) is 4.98 Å². The quantitative estimate of drug-likeness (QED) is 0.780. The molecule has 0 atom stereocenters. The van der Waals surface area contributed by atoms with Crippen molar-refractivity contribution in [1.82, 2.24) is 4.98 Å². The molecule has 1 aromatic rings. The van der Waals surface area contributed by atoms with Gasteiger partial charge in [0, 0.05) is 18.3 Å². The monoisotopic (exact) mass is 237 g/mol. The van der Waals surface area contributed by atoms with Crippen LogP contribution in [0, 0.1) is 0 Å². The highest BCUT2D eigenvalue weighted by Gasteiger charge is 2.24. The number of halogens is 2. The third-order valence-electron chi connectivity index (χ3n) is 1.72. The molecule has 8 heteroatoms. The minimum absolute atomic E-state index is 0.157. The second-order valence-electron chi connectivity index (χ2n) is 2.73. The molecule has 4 N–H and O–H groups in total. The first-order valence-corrected chi connectivity index (χ1v) is 5.41. The molecule has 0 aliphatic rings. The van der Waals surface area contributed by atoms with Crippen LogP contribution in [0.1, 0.15) is 17.7 Å². The molecule has 1 rings (SSSR count). The highest BCUT2D eigenvalue weighted by Crippen LogP contribution is 2.26. The van der Waals surface area contributed by atoms with Gasteiger partial charge < -0.3 is 5.73 Å². The van der Waals surface area contributed by atoms with E-state index in [1.807, 2.05) is 0 Å². The van der Waals surface area contributed by atoms with Crippen LogP contribution in [0.5, 0.6) is 0 Å². The molecule has 5 nitrogen and oxygen atoms in total. The topological polar surface area (TPSA) is 99.1 Å². The van der Waals surface area contributed by atoms with Crippen molar-refractivity contribution in [3.8, 4) is 0 Å². The van der Waals surface area contributed by atoms with E-state index in [0.717, 1.165) is 12.3 Å². The number of nitrogens with two attached hydrogens (primary N) is 2. The summed E-state index contributed by atoms with van der Waals surface area (Å²) in [5.41, 5.74) is 4.36. The Morgan fingerprint density at radius 3 is 2.47 bits per heavy atom. The van der Waals surface area contributed by atoms with Gasteiger partial charge in [-0.25, -0.2) is 22.3 Å². The second-order valence-corrected chi connectivity index (χ2v) is 4.22. The Balaban J connectivity index is 3.55. The number of sulfonamides is 1. The number of rotatable bonds is 3. The van der Waals surface area contributed by atoms with Crippen LogP contribution in [0.3, 0.4) is 0 Å². The fraction of sp³-hybridized carbons (Fsp3) is 0.286. The molecular formula is C7H9F2N3O2S. The van der Waals surface area contributed by atoms with Crippen molar-refractivity contribution in [2.45, 2.75) is 17.9 Å². The van der Waals surface area contributed by atoms with Crippen molar-refractivity contribution >= 4 is 10.0 Å². The van der Waals surface area contributed by atoms with Crippen LogP contribution in [0.4, 0.5) is 8.78 Å². The van der Waals surface area contributed by atoms with E-state index in [1.54, 1.807) is 0 Å². The largest absolute Gasteiger partial charge is 0.325 e. The molecule has 1 aromatic heterocycles. The van der Waals surface area contributed by atoms with Crippen LogP contribution in [0.2, 0.25) is 0 Å². The molecule has 0 radical (unpaired) electrons. The van der Waals surface area contributed by atoms with Gasteiger partial charge in [-0.1, -0.05) is 0 Å². The Hall–Kier alpha value is -1.12. The predicted molar refractivity (Wildman–Crippen MR) is 48.5 cm³/mol. The molecule has 84 valence electrons. The van der Waals surface area contributed by atoms with Crippen molar-refractivity contribution in [2.24, 2.45) is 10.9 Å². The summed E-state index contributed by atoms with van der Waals surface area (Å²) in [5, 5.41) is 4.82. The zero-order valence-electron chi connectivity index (χ0n) is 7.52. The molecule has 0 bridgehead atoms. The van der Waals surface area contributed by atoms with Crippen LogP contribution in [0.15, 0.2) is 17.2 Å². The number of hydrogen-bond donors (Lipinski definition) is 2. The average molecular weight is 237 g/mol. The maximum absolute atomic E-state index is 12.5. The van der Waals surface area contributed by atoms with Gasteiger partial charge in [0.15, 0.2) is 0 Å². The van der Waals surface area contributed by atoms with Gasteiger partial charge >= 0.3 is 0 Å². The summed E-state index contributed by atoms with van der Waals surface area (Å²) in [6.07, 6.45) is -1.87. The van der Waals surface area contributed by atoms with E-state index in [1.165, 1.54) is 0 Å². The maximum atomic E-state index is 12.5.